The van der Waals surface area contributed by atoms with E-state index in [0.717, 1.165) is 6.07 Å². The van der Waals surface area contributed by atoms with Gasteiger partial charge < -0.3 is 25.4 Å². The first kappa shape index (κ1) is 21.5. The average molecular weight is 400 g/mol. The van der Waals surface area contributed by atoms with Crippen molar-refractivity contribution < 1.29 is 32.6 Å². The fourth-order valence-electron chi connectivity index (χ4n) is 2.72. The number of amides is 3. The van der Waals surface area contributed by atoms with E-state index < -0.39 is 30.4 Å². The lowest BCUT2D eigenvalue weighted by molar-refractivity contribution is -0.131. The number of alkyl halides is 2. The molecule has 1 aliphatic rings. The van der Waals surface area contributed by atoms with Crippen LogP contribution in [0.5, 0.6) is 5.75 Å². The Bertz CT molecular complexity index is 746. The fourth-order valence-corrected chi connectivity index (χ4v) is 2.72. The molecule has 0 radical (unpaired) electrons. The first-order valence-electron chi connectivity index (χ1n) is 8.52. The van der Waals surface area contributed by atoms with E-state index in [9.17, 15) is 23.2 Å². The number of benzene rings is 1. The van der Waals surface area contributed by atoms with Crippen molar-refractivity contribution in [3.05, 3.63) is 18.2 Å². The van der Waals surface area contributed by atoms with Crippen molar-refractivity contribution >= 4 is 29.1 Å². The molecule has 1 atom stereocenters. The number of ether oxygens (including phenoxy) is 2. The lowest BCUT2D eigenvalue weighted by atomic mass is 10.2. The largest absolute Gasteiger partial charge is 0.433 e. The molecular formula is C17H22F2N4O5. The van der Waals surface area contributed by atoms with Gasteiger partial charge in [0.2, 0.25) is 5.91 Å². The summed E-state index contributed by atoms with van der Waals surface area (Å²) in [5.74, 6) is -2.25. The van der Waals surface area contributed by atoms with Crippen molar-refractivity contribution in [2.24, 2.45) is 5.73 Å². The van der Waals surface area contributed by atoms with Gasteiger partial charge in [0.05, 0.1) is 12.3 Å². The Balaban J connectivity index is 2.29. The first-order valence-corrected chi connectivity index (χ1v) is 8.52. The van der Waals surface area contributed by atoms with E-state index in [1.165, 1.54) is 21.9 Å². The van der Waals surface area contributed by atoms with E-state index >= 15 is 0 Å². The lowest BCUT2D eigenvalue weighted by Gasteiger charge is -2.28. The molecule has 1 saturated heterocycles. The summed E-state index contributed by atoms with van der Waals surface area (Å²) in [5, 5.41) is 2.46. The van der Waals surface area contributed by atoms with Gasteiger partial charge in [-0.2, -0.15) is 8.78 Å². The fraction of sp³-hybridized carbons (Fsp3) is 0.471. The molecule has 1 aromatic carbocycles. The highest BCUT2D eigenvalue weighted by Crippen LogP contribution is 2.33. The zero-order chi connectivity index (χ0) is 20.8. The summed E-state index contributed by atoms with van der Waals surface area (Å²) in [7, 11) is 1.55. The summed E-state index contributed by atoms with van der Waals surface area (Å²) in [6, 6.07) is 2.72. The molecule has 28 heavy (non-hydrogen) atoms. The monoisotopic (exact) mass is 400 g/mol. The van der Waals surface area contributed by atoms with E-state index in [1.54, 1.807) is 14.0 Å². The number of carbonyl (C=O) groups is 3. The second-order valence-electron chi connectivity index (χ2n) is 6.03. The van der Waals surface area contributed by atoms with Crippen molar-refractivity contribution in [2.45, 2.75) is 19.6 Å². The maximum Gasteiger partial charge on any atom is 0.387 e. The van der Waals surface area contributed by atoms with Gasteiger partial charge in [-0.05, 0) is 25.7 Å². The Morgan fingerprint density at radius 1 is 1.43 bits per heavy atom. The zero-order valence-electron chi connectivity index (χ0n) is 15.5. The third kappa shape index (κ3) is 5.14. The molecule has 0 aliphatic carbocycles. The van der Waals surface area contributed by atoms with E-state index in [-0.39, 0.29) is 36.9 Å². The summed E-state index contributed by atoms with van der Waals surface area (Å²) in [6.45, 7) is -0.747. The van der Waals surface area contributed by atoms with Crippen LogP contribution in [0.4, 0.5) is 20.2 Å². The molecule has 0 aromatic heterocycles. The Morgan fingerprint density at radius 3 is 2.71 bits per heavy atom. The van der Waals surface area contributed by atoms with Crippen LogP contribution in [-0.2, 0) is 19.1 Å². The number of rotatable bonds is 8. The number of primary amides is 1. The maximum absolute atomic E-state index is 12.8. The number of anilines is 2. The number of nitrogens with two attached hydrogens (primary N) is 1. The molecule has 1 heterocycles. The highest BCUT2D eigenvalue weighted by Gasteiger charge is 2.29. The van der Waals surface area contributed by atoms with Gasteiger partial charge in [0.15, 0.2) is 11.8 Å². The highest BCUT2D eigenvalue weighted by atomic mass is 19.3. The number of carbonyl (C=O) groups excluding carboxylic acids is 3. The molecule has 0 bridgehead atoms. The number of nitrogens with one attached hydrogen (secondary N) is 1. The molecule has 0 saturated carbocycles. The molecule has 154 valence electrons. The van der Waals surface area contributed by atoms with Gasteiger partial charge in [-0.25, -0.2) is 0 Å². The second kappa shape index (κ2) is 9.42. The molecule has 11 heteroatoms. The van der Waals surface area contributed by atoms with Gasteiger partial charge in [-0.3, -0.25) is 19.3 Å². The molecule has 3 amide bonds. The van der Waals surface area contributed by atoms with Crippen molar-refractivity contribution in [2.75, 3.05) is 43.6 Å². The molecule has 9 nitrogen and oxygen atoms in total. The molecule has 0 unspecified atom stereocenters. The molecule has 2 rings (SSSR count). The van der Waals surface area contributed by atoms with E-state index in [1.807, 2.05) is 0 Å². The van der Waals surface area contributed by atoms with Crippen LogP contribution in [0.3, 0.4) is 0 Å². The van der Waals surface area contributed by atoms with Crippen LogP contribution >= 0.6 is 0 Å². The van der Waals surface area contributed by atoms with Crippen LogP contribution < -0.4 is 20.7 Å². The van der Waals surface area contributed by atoms with Crippen LogP contribution in [-0.4, -0.2) is 68.6 Å². The predicted molar refractivity (Wildman–Crippen MR) is 96.2 cm³/mol. The SMILES string of the molecule is CCN(C)[C@H](C(N)=O)C(=O)Nc1ccc(N2CCOCC2=O)c(OC(F)F)c1. The minimum Gasteiger partial charge on any atom is -0.433 e. The van der Waals surface area contributed by atoms with Crippen molar-refractivity contribution in [1.29, 1.82) is 0 Å². The quantitative estimate of drug-likeness (QED) is 0.611. The molecule has 0 spiro atoms. The topological polar surface area (TPSA) is 114 Å². The number of hydrogen-bond donors (Lipinski definition) is 2. The minimum atomic E-state index is -3.13. The summed E-state index contributed by atoms with van der Waals surface area (Å²) in [5.41, 5.74) is 5.52. The van der Waals surface area contributed by atoms with Crippen LogP contribution in [0, 0.1) is 0 Å². The number of hydrogen-bond acceptors (Lipinski definition) is 6. The molecule has 1 fully saturated rings. The van der Waals surface area contributed by atoms with Crippen LogP contribution in [0.1, 0.15) is 6.92 Å². The molecule has 1 aromatic rings. The normalized spacial score (nSPS) is 15.6. The number of morpholine rings is 1. The maximum atomic E-state index is 12.8. The number of nitrogens with zero attached hydrogens (tertiary/aromatic N) is 2. The van der Waals surface area contributed by atoms with Crippen LogP contribution in [0.25, 0.3) is 0 Å². The van der Waals surface area contributed by atoms with Gasteiger partial charge in [0, 0.05) is 18.3 Å². The lowest BCUT2D eigenvalue weighted by Crippen LogP contribution is -2.50. The van der Waals surface area contributed by atoms with Crippen LogP contribution in [0.2, 0.25) is 0 Å². The molecular weight excluding hydrogens is 378 g/mol. The Kier molecular flexibility index (Phi) is 7.24. The highest BCUT2D eigenvalue weighted by molar-refractivity contribution is 6.09. The summed E-state index contributed by atoms with van der Waals surface area (Å²) < 4.78 is 35.2. The third-order valence-corrected chi connectivity index (χ3v) is 4.18. The van der Waals surface area contributed by atoms with Crippen LogP contribution in [0.15, 0.2) is 18.2 Å². The van der Waals surface area contributed by atoms with Crippen molar-refractivity contribution in [3.63, 3.8) is 0 Å². The summed E-state index contributed by atoms with van der Waals surface area (Å²) in [6.07, 6.45) is 0. The predicted octanol–water partition coefficient (Wildman–Crippen LogP) is 0.395. The van der Waals surface area contributed by atoms with E-state index in [2.05, 4.69) is 10.1 Å². The Labute approximate surface area is 160 Å². The van der Waals surface area contributed by atoms with Gasteiger partial charge in [-0.15, -0.1) is 0 Å². The second-order valence-corrected chi connectivity index (χ2v) is 6.03. The Hall–Kier alpha value is -2.79. The average Bonchev–Trinajstić information content (AvgIpc) is 2.62. The number of halogens is 2. The van der Waals surface area contributed by atoms with Gasteiger partial charge in [-0.1, -0.05) is 6.92 Å². The third-order valence-electron chi connectivity index (χ3n) is 4.18. The van der Waals surface area contributed by atoms with Crippen molar-refractivity contribution in [3.8, 4) is 5.75 Å². The molecule has 1 aliphatic heterocycles. The van der Waals surface area contributed by atoms with E-state index in [0.29, 0.717) is 6.54 Å². The van der Waals surface area contributed by atoms with E-state index in [4.69, 9.17) is 10.5 Å². The zero-order valence-corrected chi connectivity index (χ0v) is 15.5. The van der Waals surface area contributed by atoms with Gasteiger partial charge in [0.1, 0.15) is 6.61 Å². The molecule has 3 N–H and O–H groups in total. The summed E-state index contributed by atoms with van der Waals surface area (Å²) >= 11 is 0. The minimum absolute atomic E-state index is 0.112. The van der Waals surface area contributed by atoms with Gasteiger partial charge >= 0.3 is 6.61 Å². The smallest absolute Gasteiger partial charge is 0.387 e. The van der Waals surface area contributed by atoms with Crippen molar-refractivity contribution in [1.82, 2.24) is 4.90 Å². The summed E-state index contributed by atoms with van der Waals surface area (Å²) in [4.78, 5) is 38.7. The van der Waals surface area contributed by atoms with Gasteiger partial charge in [0.25, 0.3) is 11.8 Å². The standard InChI is InChI=1S/C17H22F2N4O5/c1-3-22(2)14(15(20)25)16(26)21-10-4-5-11(12(8-10)28-17(18)19)23-6-7-27-9-13(23)24/h4-5,8,14,17H,3,6-7,9H2,1-2H3,(H2,20,25)(H,21,26)/t14-/m1/s1. The number of likely N-dealkylation sites (N-methyl/N-ethyl adjacent to an activating group) is 1. The first-order chi connectivity index (χ1) is 13.2. The Morgan fingerprint density at radius 2 is 2.14 bits per heavy atom.